The van der Waals surface area contributed by atoms with Gasteiger partial charge in [-0.15, -0.1) is 11.3 Å². The summed E-state index contributed by atoms with van der Waals surface area (Å²) in [7, 11) is 0. The van der Waals surface area contributed by atoms with Gasteiger partial charge in [0.2, 0.25) is 11.8 Å². The highest BCUT2D eigenvalue weighted by atomic mass is 32.1. The summed E-state index contributed by atoms with van der Waals surface area (Å²) < 4.78 is 0. The van der Waals surface area contributed by atoms with Crippen molar-refractivity contribution in [2.75, 3.05) is 4.90 Å². The highest BCUT2D eigenvalue weighted by molar-refractivity contribution is 7.10. The summed E-state index contributed by atoms with van der Waals surface area (Å²) in [6.07, 6.45) is 4.54. The van der Waals surface area contributed by atoms with Gasteiger partial charge in [0.05, 0.1) is 6.42 Å². The van der Waals surface area contributed by atoms with Crippen LogP contribution in [0.15, 0.2) is 66.0 Å². The lowest BCUT2D eigenvalue weighted by Gasteiger charge is -2.33. The van der Waals surface area contributed by atoms with Crippen LogP contribution in [0.2, 0.25) is 0 Å². The summed E-state index contributed by atoms with van der Waals surface area (Å²) in [5.74, 6) is -0.180. The van der Waals surface area contributed by atoms with Gasteiger partial charge >= 0.3 is 0 Å². The van der Waals surface area contributed by atoms with E-state index in [0.29, 0.717) is 0 Å². The van der Waals surface area contributed by atoms with E-state index in [-0.39, 0.29) is 24.3 Å². The Hall–Kier alpha value is -2.92. The molecule has 0 bridgehead atoms. The number of nitrogens with one attached hydrogen (secondary N) is 1. The molecule has 1 aliphatic rings. The van der Waals surface area contributed by atoms with Crippen molar-refractivity contribution in [3.63, 3.8) is 0 Å². The SMILES string of the molecule is Cc1ccc(C)c(N(C(=O)Cc2cccs2)C(C(=O)NC2CCCC2)c2ccccc2)c1. The molecule has 3 aromatic rings. The number of nitrogens with zero attached hydrogens (tertiary/aromatic N) is 1. The molecule has 32 heavy (non-hydrogen) atoms. The second-order valence-electron chi connectivity index (χ2n) is 8.61. The van der Waals surface area contributed by atoms with Crippen LogP contribution in [0.5, 0.6) is 0 Å². The first-order valence-corrected chi connectivity index (χ1v) is 12.2. The van der Waals surface area contributed by atoms with Crippen molar-refractivity contribution in [1.82, 2.24) is 5.32 Å². The molecule has 0 radical (unpaired) electrons. The molecule has 1 aromatic heterocycles. The number of thiophene rings is 1. The molecular formula is C27H30N2O2S. The number of amides is 2. The van der Waals surface area contributed by atoms with Crippen LogP contribution in [0.3, 0.4) is 0 Å². The van der Waals surface area contributed by atoms with Crippen LogP contribution in [0.1, 0.15) is 53.3 Å². The summed E-state index contributed by atoms with van der Waals surface area (Å²) in [4.78, 5) is 30.2. The van der Waals surface area contributed by atoms with Crippen molar-refractivity contribution < 1.29 is 9.59 Å². The molecule has 1 aliphatic carbocycles. The standard InChI is InChI=1S/C27H30N2O2S/c1-19-14-15-20(2)24(17-19)29(25(30)18-23-13-8-16-32-23)26(21-9-4-3-5-10-21)27(31)28-22-11-6-7-12-22/h3-5,8-10,13-17,22,26H,6-7,11-12,18H2,1-2H3,(H,28,31). The molecule has 0 saturated heterocycles. The Balaban J connectivity index is 1.78. The molecule has 1 heterocycles. The second-order valence-corrected chi connectivity index (χ2v) is 9.65. The van der Waals surface area contributed by atoms with E-state index in [4.69, 9.17) is 0 Å². The highest BCUT2D eigenvalue weighted by Crippen LogP contribution is 2.33. The van der Waals surface area contributed by atoms with Gasteiger partial charge in [-0.2, -0.15) is 0 Å². The van der Waals surface area contributed by atoms with Gasteiger partial charge in [-0.05, 0) is 60.9 Å². The molecule has 166 valence electrons. The number of aryl methyl sites for hydroxylation is 2. The van der Waals surface area contributed by atoms with Crippen LogP contribution < -0.4 is 10.2 Å². The third kappa shape index (κ3) is 5.10. The topological polar surface area (TPSA) is 49.4 Å². The highest BCUT2D eigenvalue weighted by Gasteiger charge is 2.35. The zero-order chi connectivity index (χ0) is 22.5. The summed E-state index contributed by atoms with van der Waals surface area (Å²) >= 11 is 1.57. The molecule has 4 rings (SSSR count). The Bertz CT molecular complexity index is 1060. The van der Waals surface area contributed by atoms with E-state index in [0.717, 1.165) is 52.9 Å². The van der Waals surface area contributed by atoms with Crippen molar-refractivity contribution in [1.29, 1.82) is 0 Å². The molecule has 1 N–H and O–H groups in total. The van der Waals surface area contributed by atoms with Gasteiger partial charge in [-0.25, -0.2) is 0 Å². The van der Waals surface area contributed by atoms with E-state index in [9.17, 15) is 9.59 Å². The fraction of sp³-hybridized carbons (Fsp3) is 0.333. The van der Waals surface area contributed by atoms with Gasteiger partial charge in [0, 0.05) is 16.6 Å². The number of carbonyl (C=O) groups excluding carboxylic acids is 2. The molecule has 1 saturated carbocycles. The minimum atomic E-state index is -0.718. The molecule has 4 nitrogen and oxygen atoms in total. The zero-order valence-electron chi connectivity index (χ0n) is 18.7. The molecule has 2 aromatic carbocycles. The predicted octanol–water partition coefficient (Wildman–Crippen LogP) is 5.74. The minimum Gasteiger partial charge on any atom is -0.351 e. The molecule has 0 aliphatic heterocycles. The monoisotopic (exact) mass is 446 g/mol. The van der Waals surface area contributed by atoms with E-state index in [1.807, 2.05) is 79.9 Å². The molecule has 0 spiro atoms. The predicted molar refractivity (Wildman–Crippen MR) is 131 cm³/mol. The normalized spacial score (nSPS) is 14.8. The third-order valence-corrected chi connectivity index (χ3v) is 7.00. The van der Waals surface area contributed by atoms with Crippen molar-refractivity contribution in [3.05, 3.63) is 87.6 Å². The van der Waals surface area contributed by atoms with Crippen LogP contribution in [0.25, 0.3) is 0 Å². The van der Waals surface area contributed by atoms with Crippen LogP contribution >= 0.6 is 11.3 Å². The zero-order valence-corrected chi connectivity index (χ0v) is 19.5. The molecule has 2 amide bonds. The van der Waals surface area contributed by atoms with Crippen LogP contribution in [-0.4, -0.2) is 17.9 Å². The first-order valence-electron chi connectivity index (χ1n) is 11.3. The van der Waals surface area contributed by atoms with E-state index < -0.39 is 6.04 Å². The lowest BCUT2D eigenvalue weighted by molar-refractivity contribution is -0.127. The molecule has 1 unspecified atom stereocenters. The van der Waals surface area contributed by atoms with Gasteiger partial charge < -0.3 is 5.32 Å². The molecule has 1 atom stereocenters. The Morgan fingerprint density at radius 3 is 2.47 bits per heavy atom. The number of hydrogen-bond donors (Lipinski definition) is 1. The summed E-state index contributed by atoms with van der Waals surface area (Å²) in [5.41, 5.74) is 3.65. The largest absolute Gasteiger partial charge is 0.351 e. The lowest BCUT2D eigenvalue weighted by Crippen LogP contribution is -2.47. The molecular weight excluding hydrogens is 416 g/mol. The number of carbonyl (C=O) groups is 2. The maximum atomic E-state index is 13.8. The van der Waals surface area contributed by atoms with Crippen molar-refractivity contribution in [3.8, 4) is 0 Å². The Labute approximate surface area is 194 Å². The minimum absolute atomic E-state index is 0.0726. The Morgan fingerprint density at radius 2 is 1.78 bits per heavy atom. The lowest BCUT2D eigenvalue weighted by atomic mass is 10.00. The summed E-state index contributed by atoms with van der Waals surface area (Å²) in [5, 5.41) is 5.22. The molecule has 5 heteroatoms. The average molecular weight is 447 g/mol. The van der Waals surface area contributed by atoms with Gasteiger partial charge in [-0.3, -0.25) is 14.5 Å². The molecule has 1 fully saturated rings. The number of hydrogen-bond acceptors (Lipinski definition) is 3. The number of anilines is 1. The average Bonchev–Trinajstić information content (AvgIpc) is 3.48. The van der Waals surface area contributed by atoms with Gasteiger partial charge in [0.1, 0.15) is 6.04 Å². The van der Waals surface area contributed by atoms with Crippen LogP contribution in [-0.2, 0) is 16.0 Å². The van der Waals surface area contributed by atoms with Gasteiger partial charge in [0.15, 0.2) is 0 Å². The van der Waals surface area contributed by atoms with Crippen molar-refractivity contribution >= 4 is 28.8 Å². The maximum Gasteiger partial charge on any atom is 0.248 e. The first kappa shape index (κ1) is 22.3. The third-order valence-electron chi connectivity index (χ3n) is 6.12. The van der Waals surface area contributed by atoms with Gasteiger partial charge in [-0.1, -0.05) is 61.4 Å². The van der Waals surface area contributed by atoms with E-state index in [2.05, 4.69) is 5.32 Å². The Kier molecular flexibility index (Phi) is 7.05. The quantitative estimate of drug-likeness (QED) is 0.503. The van der Waals surface area contributed by atoms with Gasteiger partial charge in [0.25, 0.3) is 0 Å². The van der Waals surface area contributed by atoms with Crippen LogP contribution in [0.4, 0.5) is 5.69 Å². The van der Waals surface area contributed by atoms with Crippen molar-refractivity contribution in [2.24, 2.45) is 0 Å². The van der Waals surface area contributed by atoms with E-state index >= 15 is 0 Å². The first-order chi connectivity index (χ1) is 15.5. The maximum absolute atomic E-state index is 13.8. The van der Waals surface area contributed by atoms with Crippen molar-refractivity contribution in [2.45, 2.75) is 58.0 Å². The Morgan fingerprint density at radius 1 is 1.03 bits per heavy atom. The number of rotatable bonds is 7. The fourth-order valence-corrected chi connectivity index (χ4v) is 5.14. The van der Waals surface area contributed by atoms with Crippen LogP contribution in [0, 0.1) is 13.8 Å². The van der Waals surface area contributed by atoms with E-state index in [1.165, 1.54) is 0 Å². The summed E-state index contributed by atoms with van der Waals surface area (Å²) in [6.45, 7) is 4.01. The fourth-order valence-electron chi connectivity index (χ4n) is 4.45. The number of benzene rings is 2. The summed E-state index contributed by atoms with van der Waals surface area (Å²) in [6, 6.07) is 19.1. The smallest absolute Gasteiger partial charge is 0.248 e. The second kappa shape index (κ2) is 10.1. The van der Waals surface area contributed by atoms with E-state index in [1.54, 1.807) is 16.2 Å².